The molecule has 0 saturated carbocycles. The maximum Gasteiger partial charge on any atom is 0.333 e. The van der Waals surface area contributed by atoms with Gasteiger partial charge in [0.25, 0.3) is 0 Å². The second-order valence-electron chi connectivity index (χ2n) is 13.3. The molecule has 2 heterocycles. The molecule has 0 spiro atoms. The summed E-state index contributed by atoms with van der Waals surface area (Å²) in [5.41, 5.74) is 8.73. The molecule has 1 aliphatic rings. The first-order valence-corrected chi connectivity index (χ1v) is 16.7. The number of amides is 4. The Morgan fingerprint density at radius 3 is 0.896 bits per heavy atom. The summed E-state index contributed by atoms with van der Waals surface area (Å²) >= 11 is 0. The Morgan fingerprint density at radius 2 is 0.750 bits per heavy atom. The van der Waals surface area contributed by atoms with Crippen molar-refractivity contribution in [2.75, 3.05) is 21.1 Å². The van der Waals surface area contributed by atoms with Crippen molar-refractivity contribution in [1.82, 2.24) is 29.7 Å². The van der Waals surface area contributed by atoms with Gasteiger partial charge in [-0.1, -0.05) is 82.7 Å². The van der Waals surface area contributed by atoms with Gasteiger partial charge in [0.1, 0.15) is 23.3 Å². The van der Waals surface area contributed by atoms with Crippen LogP contribution in [-0.2, 0) is 0 Å². The monoisotopic (exact) mass is 673 g/mol. The molecule has 48 heavy (non-hydrogen) atoms. The molecule has 8 heteroatoms. The Morgan fingerprint density at radius 1 is 0.521 bits per heavy atom. The van der Waals surface area contributed by atoms with Crippen LogP contribution in [-0.4, -0.2) is 62.9 Å². The van der Waals surface area contributed by atoms with E-state index in [-0.39, 0.29) is 26.9 Å². The molecule has 0 N–H and O–H groups in total. The van der Waals surface area contributed by atoms with E-state index in [0.717, 1.165) is 40.1 Å². The molecule has 0 atom stereocenters. The third-order valence-corrected chi connectivity index (χ3v) is 8.60. The van der Waals surface area contributed by atoms with Gasteiger partial charge in [-0.25, -0.2) is 29.4 Å². The highest BCUT2D eigenvalue weighted by atomic mass is 16.2. The molecular formula is C40H76N6O2. The van der Waals surface area contributed by atoms with Gasteiger partial charge < -0.3 is 0 Å². The SMILES string of the molecule is C.C.C=C1N(C)C(=O)N(C)C(=O)N1C.CC(C)CC(C)C.CCC(C)CC.Cc1c(C)c(C)c(C)c(C)c1C.Cc1nc(C)nc(C)n1. The summed E-state index contributed by atoms with van der Waals surface area (Å²) in [5, 5.41) is 0. The minimum atomic E-state index is -0.358. The smallest absolute Gasteiger partial charge is 0.283 e. The van der Waals surface area contributed by atoms with E-state index in [9.17, 15) is 9.59 Å². The number of hydrogen-bond donors (Lipinski definition) is 0. The van der Waals surface area contributed by atoms with Gasteiger partial charge in [0.05, 0.1) is 0 Å². The van der Waals surface area contributed by atoms with E-state index < -0.39 is 0 Å². The lowest BCUT2D eigenvalue weighted by atomic mass is 9.90. The number of urea groups is 2. The van der Waals surface area contributed by atoms with Gasteiger partial charge in [0, 0.05) is 21.1 Å². The van der Waals surface area contributed by atoms with E-state index in [4.69, 9.17) is 0 Å². The number of aryl methyl sites for hydroxylation is 3. The lowest BCUT2D eigenvalue weighted by molar-refractivity contribution is 0.134. The fourth-order valence-electron chi connectivity index (χ4n) is 4.67. The second-order valence-corrected chi connectivity index (χ2v) is 13.3. The number of nitrogens with zero attached hydrogens (tertiary/aromatic N) is 6. The molecule has 278 valence electrons. The summed E-state index contributed by atoms with van der Waals surface area (Å²) < 4.78 is 0. The quantitative estimate of drug-likeness (QED) is 0.323. The zero-order chi connectivity index (χ0) is 36.6. The van der Waals surface area contributed by atoms with Crippen molar-refractivity contribution in [3.05, 3.63) is 63.3 Å². The highest BCUT2D eigenvalue weighted by molar-refractivity contribution is 5.97. The van der Waals surface area contributed by atoms with Crippen molar-refractivity contribution >= 4 is 12.1 Å². The lowest BCUT2D eigenvalue weighted by Gasteiger charge is -2.36. The van der Waals surface area contributed by atoms with Crippen LogP contribution in [0.4, 0.5) is 9.59 Å². The van der Waals surface area contributed by atoms with Crippen LogP contribution in [0.15, 0.2) is 12.4 Å². The molecule has 0 radical (unpaired) electrons. The number of aromatic nitrogens is 3. The average molecular weight is 673 g/mol. The van der Waals surface area contributed by atoms with Crippen molar-refractivity contribution in [2.45, 2.75) is 145 Å². The molecule has 0 unspecified atom stereocenters. The first-order valence-electron chi connectivity index (χ1n) is 16.7. The molecule has 8 nitrogen and oxygen atoms in total. The predicted molar refractivity (Wildman–Crippen MR) is 210 cm³/mol. The third kappa shape index (κ3) is 17.7. The van der Waals surface area contributed by atoms with Crippen molar-refractivity contribution in [1.29, 1.82) is 0 Å². The minimum absolute atomic E-state index is 0. The van der Waals surface area contributed by atoms with Crippen LogP contribution < -0.4 is 0 Å². The number of rotatable bonds is 4. The van der Waals surface area contributed by atoms with Gasteiger partial charge in [0.15, 0.2) is 0 Å². The first-order chi connectivity index (χ1) is 21.0. The second kappa shape index (κ2) is 24.8. The van der Waals surface area contributed by atoms with Crippen LogP contribution >= 0.6 is 0 Å². The number of carbonyl (C=O) groups is 2. The average Bonchev–Trinajstić information content (AvgIpc) is 2.98. The molecule has 1 aromatic heterocycles. The summed E-state index contributed by atoms with van der Waals surface area (Å²) in [6, 6.07) is -0.716. The Balaban J connectivity index is -0.000000256. The maximum absolute atomic E-state index is 11.2. The van der Waals surface area contributed by atoms with Crippen LogP contribution in [0.5, 0.6) is 0 Å². The van der Waals surface area contributed by atoms with Crippen LogP contribution in [0.25, 0.3) is 0 Å². The topological polar surface area (TPSA) is 82.5 Å². The summed E-state index contributed by atoms with van der Waals surface area (Å²) in [6.07, 6.45) is 4.02. The highest BCUT2D eigenvalue weighted by Crippen LogP contribution is 2.24. The maximum atomic E-state index is 11.2. The molecule has 0 bridgehead atoms. The molecule has 1 aliphatic heterocycles. The fraction of sp³-hybridized carbons (Fsp3) is 0.675. The minimum Gasteiger partial charge on any atom is -0.283 e. The van der Waals surface area contributed by atoms with E-state index >= 15 is 0 Å². The van der Waals surface area contributed by atoms with Crippen molar-refractivity contribution in [3.8, 4) is 0 Å². The summed E-state index contributed by atoms with van der Waals surface area (Å²) in [4.78, 5) is 38.2. The summed E-state index contributed by atoms with van der Waals surface area (Å²) in [5.74, 6) is 5.45. The van der Waals surface area contributed by atoms with Crippen molar-refractivity contribution in [2.24, 2.45) is 17.8 Å². The van der Waals surface area contributed by atoms with Gasteiger partial charge in [-0.2, -0.15) is 0 Å². The Labute approximate surface area is 297 Å². The van der Waals surface area contributed by atoms with Gasteiger partial charge in [0.2, 0.25) is 0 Å². The molecule has 3 rings (SSSR count). The summed E-state index contributed by atoms with van der Waals surface area (Å²) in [6.45, 7) is 38.3. The van der Waals surface area contributed by atoms with Crippen molar-refractivity contribution < 1.29 is 9.59 Å². The molecule has 1 fully saturated rings. The molecular weight excluding hydrogens is 596 g/mol. The van der Waals surface area contributed by atoms with Crippen LogP contribution in [0.1, 0.15) is 133 Å². The Hall–Kier alpha value is -3.29. The molecule has 1 saturated heterocycles. The number of carbonyl (C=O) groups excluding carboxylic acids is 2. The summed E-state index contributed by atoms with van der Waals surface area (Å²) in [7, 11) is 4.58. The van der Waals surface area contributed by atoms with E-state index in [1.807, 2.05) is 20.8 Å². The zero-order valence-electron chi connectivity index (χ0n) is 33.1. The molecule has 2 aromatic rings. The first kappa shape index (κ1) is 51.5. The van der Waals surface area contributed by atoms with Gasteiger partial charge >= 0.3 is 12.1 Å². The standard InChI is InChI=1S/C12H18.C7H11N3O2.C7H16.C6H9N3.C6H14.2CH4/c1-7-8(2)10(4)12(6)11(5)9(7)3;1-5-8(2)6(11)10(4)7(12)9(5)3;1-6(2)5-7(3)4;1-4-7-5(2)9-6(3)8-4;1-4-6(3)5-2;;/h1-6H3;1H2,2-4H3;6-7H,5H2,1-4H3;1-3H3;6H,4-5H2,1-3H3;2*1H4. The van der Waals surface area contributed by atoms with Crippen molar-refractivity contribution in [3.63, 3.8) is 0 Å². The number of benzene rings is 1. The van der Waals surface area contributed by atoms with E-state index in [1.165, 1.54) is 69.5 Å². The number of hydrogen-bond acceptors (Lipinski definition) is 5. The van der Waals surface area contributed by atoms with Gasteiger partial charge in [-0.05, 0) is 120 Å². The van der Waals surface area contributed by atoms with E-state index in [1.54, 1.807) is 14.1 Å². The normalized spacial score (nSPS) is 12.1. The van der Waals surface area contributed by atoms with Gasteiger partial charge in [-0.15, -0.1) is 0 Å². The Kier molecular flexibility index (Phi) is 26.6. The zero-order valence-corrected chi connectivity index (χ0v) is 33.1. The highest BCUT2D eigenvalue weighted by Gasteiger charge is 2.33. The van der Waals surface area contributed by atoms with E-state index in [2.05, 4.69) is 112 Å². The lowest BCUT2D eigenvalue weighted by Crippen LogP contribution is -2.55. The van der Waals surface area contributed by atoms with Crippen LogP contribution in [0.2, 0.25) is 0 Å². The molecule has 1 aromatic carbocycles. The van der Waals surface area contributed by atoms with Gasteiger partial charge in [-0.3, -0.25) is 9.80 Å². The largest absolute Gasteiger partial charge is 0.333 e. The predicted octanol–water partition coefficient (Wildman–Crippen LogP) is 11.2. The van der Waals surface area contributed by atoms with E-state index in [0.29, 0.717) is 5.82 Å². The number of imide groups is 1. The molecule has 4 amide bonds. The molecule has 0 aliphatic carbocycles. The van der Waals surface area contributed by atoms with Crippen LogP contribution in [0, 0.1) is 80.1 Å². The fourth-order valence-corrected chi connectivity index (χ4v) is 4.67. The third-order valence-electron chi connectivity index (χ3n) is 8.60. The Bertz CT molecular complexity index is 1040. The van der Waals surface area contributed by atoms with Crippen LogP contribution in [0.3, 0.4) is 0 Å².